The summed E-state index contributed by atoms with van der Waals surface area (Å²) in [6.07, 6.45) is 3.42. The van der Waals surface area contributed by atoms with Crippen LogP contribution in [0, 0.1) is 6.92 Å². The van der Waals surface area contributed by atoms with Gasteiger partial charge in [0, 0.05) is 34.1 Å². The van der Waals surface area contributed by atoms with Crippen LogP contribution in [0.5, 0.6) is 0 Å². The van der Waals surface area contributed by atoms with Crippen LogP contribution in [0.4, 0.5) is 5.69 Å². The Bertz CT molecular complexity index is 1140. The molecule has 0 saturated heterocycles. The number of aromatic nitrogens is 2. The first-order valence-electron chi connectivity index (χ1n) is 8.50. The molecule has 0 fully saturated rings. The first-order chi connectivity index (χ1) is 13.1. The molecule has 0 radical (unpaired) electrons. The molecule has 0 saturated carbocycles. The number of nitrogens with zero attached hydrogens (tertiary/aromatic N) is 2. The third-order valence-electron chi connectivity index (χ3n) is 4.45. The van der Waals surface area contributed by atoms with Gasteiger partial charge >= 0.3 is 0 Å². The number of nitrogens with one attached hydrogen (secondary N) is 1. The van der Waals surface area contributed by atoms with Crippen molar-refractivity contribution >= 4 is 34.1 Å². The summed E-state index contributed by atoms with van der Waals surface area (Å²) in [5.74, 6) is -0.200. The molecule has 0 bridgehead atoms. The number of carbonyl (C=O) groups excluding carboxylic acids is 1. The number of para-hydroxylation sites is 1. The Kier molecular flexibility index (Phi) is 4.57. The molecule has 0 atom stereocenters. The summed E-state index contributed by atoms with van der Waals surface area (Å²) >= 11 is 6.18. The third-order valence-corrected chi connectivity index (χ3v) is 4.86. The number of amides is 1. The zero-order chi connectivity index (χ0) is 18.8. The molecule has 0 aliphatic heterocycles. The molecule has 27 heavy (non-hydrogen) atoms. The van der Waals surface area contributed by atoms with Crippen molar-refractivity contribution < 1.29 is 4.79 Å². The second-order valence-corrected chi connectivity index (χ2v) is 6.58. The molecular weight excluding hydrogens is 358 g/mol. The minimum atomic E-state index is -0.200. The molecule has 2 heterocycles. The minimum Gasteiger partial charge on any atom is -0.322 e. The summed E-state index contributed by atoms with van der Waals surface area (Å²) in [6.45, 7) is 1.88. The average molecular weight is 374 g/mol. The Labute approximate surface area is 161 Å². The van der Waals surface area contributed by atoms with Crippen molar-refractivity contribution in [3.05, 3.63) is 89.2 Å². The molecule has 4 rings (SSSR count). The van der Waals surface area contributed by atoms with Crippen molar-refractivity contribution in [1.29, 1.82) is 0 Å². The van der Waals surface area contributed by atoms with Crippen LogP contribution >= 0.6 is 11.6 Å². The number of anilines is 1. The van der Waals surface area contributed by atoms with Crippen LogP contribution in [0.15, 0.2) is 73.1 Å². The zero-order valence-corrected chi connectivity index (χ0v) is 15.4. The second-order valence-electron chi connectivity index (χ2n) is 6.17. The quantitative estimate of drug-likeness (QED) is 0.515. The second kappa shape index (κ2) is 7.17. The summed E-state index contributed by atoms with van der Waals surface area (Å²) < 4.78 is 0. The van der Waals surface area contributed by atoms with Gasteiger partial charge in [-0.2, -0.15) is 0 Å². The Balaban J connectivity index is 1.82. The van der Waals surface area contributed by atoms with Gasteiger partial charge in [0.15, 0.2) is 0 Å². The molecule has 1 N–H and O–H groups in total. The van der Waals surface area contributed by atoms with E-state index in [0.717, 1.165) is 27.7 Å². The van der Waals surface area contributed by atoms with E-state index in [1.165, 1.54) is 0 Å². The number of carbonyl (C=O) groups is 1. The monoisotopic (exact) mass is 373 g/mol. The van der Waals surface area contributed by atoms with Gasteiger partial charge in [0.25, 0.3) is 5.91 Å². The predicted octanol–water partition coefficient (Wildman–Crippen LogP) is 5.51. The number of rotatable bonds is 3. The number of halogens is 1. The number of hydrogen-bond acceptors (Lipinski definition) is 3. The Morgan fingerprint density at radius 3 is 2.59 bits per heavy atom. The minimum absolute atomic E-state index is 0.200. The van der Waals surface area contributed by atoms with E-state index >= 15 is 0 Å². The van der Waals surface area contributed by atoms with E-state index in [1.54, 1.807) is 18.5 Å². The molecular formula is C22H16ClN3O. The third kappa shape index (κ3) is 3.39. The van der Waals surface area contributed by atoms with Gasteiger partial charge in [-0.15, -0.1) is 0 Å². The summed E-state index contributed by atoms with van der Waals surface area (Å²) in [5.41, 5.74) is 4.48. The van der Waals surface area contributed by atoms with Gasteiger partial charge in [0.05, 0.1) is 16.8 Å². The van der Waals surface area contributed by atoms with Crippen molar-refractivity contribution in [2.24, 2.45) is 0 Å². The van der Waals surface area contributed by atoms with E-state index in [-0.39, 0.29) is 5.91 Å². The topological polar surface area (TPSA) is 54.9 Å². The molecule has 1 amide bonds. The van der Waals surface area contributed by atoms with E-state index in [2.05, 4.69) is 10.3 Å². The van der Waals surface area contributed by atoms with E-state index < -0.39 is 0 Å². The maximum absolute atomic E-state index is 13.1. The SMILES string of the molecule is Cc1c(Cl)cccc1NC(=O)c1cc(-c2ccncc2)nc2ccccc12. The highest BCUT2D eigenvalue weighted by molar-refractivity contribution is 6.31. The zero-order valence-electron chi connectivity index (χ0n) is 14.6. The van der Waals surface area contributed by atoms with Gasteiger partial charge < -0.3 is 5.32 Å². The van der Waals surface area contributed by atoms with Crippen LogP contribution in [-0.2, 0) is 0 Å². The van der Waals surface area contributed by atoms with Crippen LogP contribution in [0.1, 0.15) is 15.9 Å². The maximum Gasteiger partial charge on any atom is 0.256 e. The lowest BCUT2D eigenvalue weighted by atomic mass is 10.0. The molecule has 0 aliphatic rings. The van der Waals surface area contributed by atoms with E-state index in [9.17, 15) is 4.79 Å². The lowest BCUT2D eigenvalue weighted by molar-refractivity contribution is 0.102. The van der Waals surface area contributed by atoms with E-state index in [4.69, 9.17) is 16.6 Å². The van der Waals surface area contributed by atoms with Gasteiger partial charge in [-0.25, -0.2) is 4.98 Å². The first-order valence-corrected chi connectivity index (χ1v) is 8.88. The molecule has 0 aliphatic carbocycles. The van der Waals surface area contributed by atoms with Crippen molar-refractivity contribution in [2.75, 3.05) is 5.32 Å². The molecule has 2 aromatic carbocycles. The Morgan fingerprint density at radius 1 is 1.00 bits per heavy atom. The van der Waals surface area contributed by atoms with Crippen molar-refractivity contribution in [1.82, 2.24) is 9.97 Å². The lowest BCUT2D eigenvalue weighted by Crippen LogP contribution is -2.14. The smallest absolute Gasteiger partial charge is 0.256 e. The largest absolute Gasteiger partial charge is 0.322 e. The van der Waals surface area contributed by atoms with Crippen molar-refractivity contribution in [3.63, 3.8) is 0 Å². The van der Waals surface area contributed by atoms with E-state index in [1.807, 2.05) is 61.5 Å². The van der Waals surface area contributed by atoms with Crippen LogP contribution in [0.2, 0.25) is 5.02 Å². The normalized spacial score (nSPS) is 10.7. The van der Waals surface area contributed by atoms with Gasteiger partial charge in [-0.05, 0) is 48.9 Å². The highest BCUT2D eigenvalue weighted by Gasteiger charge is 2.15. The molecule has 0 spiro atoms. The van der Waals surface area contributed by atoms with Crippen LogP contribution in [0.3, 0.4) is 0 Å². The molecule has 5 heteroatoms. The van der Waals surface area contributed by atoms with Gasteiger partial charge in [-0.3, -0.25) is 9.78 Å². The van der Waals surface area contributed by atoms with Crippen molar-refractivity contribution in [3.8, 4) is 11.3 Å². The van der Waals surface area contributed by atoms with Crippen LogP contribution in [0.25, 0.3) is 22.2 Å². The predicted molar refractivity (Wildman–Crippen MR) is 109 cm³/mol. The molecule has 2 aromatic heterocycles. The number of pyridine rings is 2. The fourth-order valence-corrected chi connectivity index (χ4v) is 3.14. The lowest BCUT2D eigenvalue weighted by Gasteiger charge is -2.12. The van der Waals surface area contributed by atoms with Gasteiger partial charge in [-0.1, -0.05) is 35.9 Å². The fourth-order valence-electron chi connectivity index (χ4n) is 2.97. The Morgan fingerprint density at radius 2 is 1.78 bits per heavy atom. The highest BCUT2D eigenvalue weighted by atomic mass is 35.5. The van der Waals surface area contributed by atoms with Crippen molar-refractivity contribution in [2.45, 2.75) is 6.92 Å². The van der Waals surface area contributed by atoms with Gasteiger partial charge in [0.1, 0.15) is 0 Å². The van der Waals surface area contributed by atoms with Gasteiger partial charge in [0.2, 0.25) is 0 Å². The molecule has 0 unspecified atom stereocenters. The Hall–Kier alpha value is -3.24. The standard InChI is InChI=1S/C22H16ClN3O/c1-14-18(23)6-4-8-19(14)26-22(27)17-13-21(15-9-11-24-12-10-15)25-20-7-3-2-5-16(17)20/h2-13H,1H3,(H,26,27). The van der Waals surface area contributed by atoms with Crippen LogP contribution in [-0.4, -0.2) is 15.9 Å². The molecule has 4 nitrogen and oxygen atoms in total. The first kappa shape index (κ1) is 17.2. The molecule has 4 aromatic rings. The summed E-state index contributed by atoms with van der Waals surface area (Å²) in [5, 5.41) is 4.39. The van der Waals surface area contributed by atoms with Crippen LogP contribution < -0.4 is 5.32 Å². The summed E-state index contributed by atoms with van der Waals surface area (Å²) in [7, 11) is 0. The maximum atomic E-state index is 13.1. The summed E-state index contributed by atoms with van der Waals surface area (Å²) in [4.78, 5) is 21.8. The fraction of sp³-hybridized carbons (Fsp3) is 0.0455. The molecule has 132 valence electrons. The number of benzene rings is 2. The average Bonchev–Trinajstić information content (AvgIpc) is 2.71. The number of fused-ring (bicyclic) bond motifs is 1. The summed E-state index contributed by atoms with van der Waals surface area (Å²) in [6, 6.07) is 18.6. The number of hydrogen-bond donors (Lipinski definition) is 1. The van der Waals surface area contributed by atoms with E-state index in [0.29, 0.717) is 16.3 Å². The highest BCUT2D eigenvalue weighted by Crippen LogP contribution is 2.27.